The van der Waals surface area contributed by atoms with Gasteiger partial charge in [0.05, 0.1) is 4.92 Å². The van der Waals surface area contributed by atoms with Crippen LogP contribution in [0, 0.1) is 15.9 Å². The van der Waals surface area contributed by atoms with E-state index in [1.54, 1.807) is 6.07 Å². The van der Waals surface area contributed by atoms with Gasteiger partial charge >= 0.3 is 5.69 Å². The van der Waals surface area contributed by atoms with E-state index in [0.29, 0.717) is 5.56 Å². The molecule has 0 N–H and O–H groups in total. The predicted molar refractivity (Wildman–Crippen MR) is 69.1 cm³/mol. The van der Waals surface area contributed by atoms with Crippen LogP contribution in [-0.4, -0.2) is 4.92 Å². The van der Waals surface area contributed by atoms with Crippen LogP contribution < -0.4 is 4.74 Å². The number of halogens is 2. The molecule has 0 atom stereocenters. The summed E-state index contributed by atoms with van der Waals surface area (Å²) in [7, 11) is 0. The Labute approximate surface area is 113 Å². The van der Waals surface area contributed by atoms with Crippen molar-refractivity contribution in [2.24, 2.45) is 0 Å². The lowest BCUT2D eigenvalue weighted by Crippen LogP contribution is -1.95. The Kier molecular flexibility index (Phi) is 3.97. The molecular formula is C13H9ClFNO3. The Balaban J connectivity index is 2.36. The third-order valence-electron chi connectivity index (χ3n) is 2.40. The normalized spacial score (nSPS) is 10.2. The van der Waals surface area contributed by atoms with Crippen molar-refractivity contribution in [2.75, 3.05) is 0 Å². The molecular weight excluding hydrogens is 273 g/mol. The maximum absolute atomic E-state index is 13.0. The molecule has 19 heavy (non-hydrogen) atoms. The van der Waals surface area contributed by atoms with Gasteiger partial charge in [0, 0.05) is 18.0 Å². The van der Waals surface area contributed by atoms with Crippen molar-refractivity contribution < 1.29 is 14.1 Å². The zero-order valence-corrected chi connectivity index (χ0v) is 10.4. The third kappa shape index (κ3) is 3.20. The van der Waals surface area contributed by atoms with Gasteiger partial charge in [-0.3, -0.25) is 10.1 Å². The molecule has 98 valence electrons. The molecule has 0 aliphatic rings. The quantitative estimate of drug-likeness (QED) is 0.478. The van der Waals surface area contributed by atoms with Gasteiger partial charge in [0.25, 0.3) is 0 Å². The first kappa shape index (κ1) is 13.3. The number of ether oxygens (including phenoxy) is 1. The van der Waals surface area contributed by atoms with Gasteiger partial charge in [0.2, 0.25) is 5.75 Å². The SMILES string of the molecule is O=[N+]([O-])c1cc(CCl)ccc1Oc1cccc(F)c1. The maximum Gasteiger partial charge on any atom is 0.311 e. The molecule has 6 heteroatoms. The minimum atomic E-state index is -0.565. The Bertz CT molecular complexity index is 619. The van der Waals surface area contributed by atoms with Gasteiger partial charge in [0.15, 0.2) is 0 Å². The van der Waals surface area contributed by atoms with E-state index in [-0.39, 0.29) is 23.1 Å². The minimum Gasteiger partial charge on any atom is -0.450 e. The van der Waals surface area contributed by atoms with Crippen molar-refractivity contribution in [2.45, 2.75) is 5.88 Å². The molecule has 0 amide bonds. The molecule has 0 heterocycles. The zero-order valence-electron chi connectivity index (χ0n) is 9.68. The first-order chi connectivity index (χ1) is 9.10. The average Bonchev–Trinajstić information content (AvgIpc) is 2.39. The van der Waals surface area contributed by atoms with Gasteiger partial charge in [-0.25, -0.2) is 4.39 Å². The van der Waals surface area contributed by atoms with Crippen molar-refractivity contribution in [1.29, 1.82) is 0 Å². The highest BCUT2D eigenvalue weighted by Crippen LogP contribution is 2.32. The summed E-state index contributed by atoms with van der Waals surface area (Å²) >= 11 is 5.62. The molecule has 2 rings (SSSR count). The van der Waals surface area contributed by atoms with Crippen LogP contribution in [0.4, 0.5) is 10.1 Å². The number of nitro groups is 1. The van der Waals surface area contributed by atoms with Crippen LogP contribution in [0.15, 0.2) is 42.5 Å². The summed E-state index contributed by atoms with van der Waals surface area (Å²) in [6.07, 6.45) is 0. The standard InChI is InChI=1S/C13H9ClFNO3/c14-8-9-4-5-13(12(6-9)16(17)18)19-11-3-1-2-10(15)7-11/h1-7H,8H2. The monoisotopic (exact) mass is 281 g/mol. The van der Waals surface area contributed by atoms with Crippen LogP contribution >= 0.6 is 11.6 Å². The van der Waals surface area contributed by atoms with Gasteiger partial charge < -0.3 is 4.74 Å². The van der Waals surface area contributed by atoms with Crippen LogP contribution in [0.3, 0.4) is 0 Å². The molecule has 0 aliphatic heterocycles. The van der Waals surface area contributed by atoms with E-state index in [1.165, 1.54) is 30.3 Å². The number of rotatable bonds is 4. The molecule has 0 aromatic heterocycles. The topological polar surface area (TPSA) is 52.4 Å². The second-order valence-corrected chi connectivity index (χ2v) is 4.02. The molecule has 0 aliphatic carbocycles. The average molecular weight is 282 g/mol. The Hall–Kier alpha value is -2.14. The van der Waals surface area contributed by atoms with E-state index in [1.807, 2.05) is 0 Å². The molecule has 0 saturated heterocycles. The van der Waals surface area contributed by atoms with Crippen molar-refractivity contribution in [3.8, 4) is 11.5 Å². The molecule has 0 saturated carbocycles. The fraction of sp³-hybridized carbons (Fsp3) is 0.0769. The minimum absolute atomic E-state index is 0.0458. The summed E-state index contributed by atoms with van der Waals surface area (Å²) in [5.74, 6) is -0.0649. The van der Waals surface area contributed by atoms with E-state index >= 15 is 0 Å². The van der Waals surface area contributed by atoms with E-state index in [9.17, 15) is 14.5 Å². The third-order valence-corrected chi connectivity index (χ3v) is 2.71. The summed E-state index contributed by atoms with van der Waals surface area (Å²) in [6, 6.07) is 9.79. The first-order valence-electron chi connectivity index (χ1n) is 5.37. The molecule has 0 fully saturated rings. The van der Waals surface area contributed by atoms with Crippen molar-refractivity contribution in [1.82, 2.24) is 0 Å². The van der Waals surface area contributed by atoms with Gasteiger partial charge in [0.1, 0.15) is 11.6 Å². The van der Waals surface area contributed by atoms with Crippen molar-refractivity contribution in [3.63, 3.8) is 0 Å². The zero-order chi connectivity index (χ0) is 13.8. The second-order valence-electron chi connectivity index (χ2n) is 3.75. The van der Waals surface area contributed by atoms with Gasteiger partial charge in [-0.05, 0) is 23.8 Å². The van der Waals surface area contributed by atoms with Gasteiger partial charge in [-0.1, -0.05) is 12.1 Å². The van der Waals surface area contributed by atoms with E-state index in [2.05, 4.69) is 0 Å². The molecule has 0 unspecified atom stereocenters. The Morgan fingerprint density at radius 1 is 1.26 bits per heavy atom. The number of nitro benzene ring substituents is 1. The van der Waals surface area contributed by atoms with E-state index in [0.717, 1.165) is 6.07 Å². The van der Waals surface area contributed by atoms with Gasteiger partial charge in [-0.2, -0.15) is 0 Å². The highest BCUT2D eigenvalue weighted by Gasteiger charge is 2.16. The number of hydrogen-bond donors (Lipinski definition) is 0. The molecule has 2 aromatic rings. The van der Waals surface area contributed by atoms with E-state index < -0.39 is 10.7 Å². The van der Waals surface area contributed by atoms with Gasteiger partial charge in [-0.15, -0.1) is 11.6 Å². The van der Waals surface area contributed by atoms with E-state index in [4.69, 9.17) is 16.3 Å². The Morgan fingerprint density at radius 2 is 2.05 bits per heavy atom. The number of alkyl halides is 1. The van der Waals surface area contributed by atoms with Crippen LogP contribution in [-0.2, 0) is 5.88 Å². The smallest absolute Gasteiger partial charge is 0.311 e. The van der Waals surface area contributed by atoms with Crippen LogP contribution in [0.1, 0.15) is 5.56 Å². The number of nitrogens with zero attached hydrogens (tertiary/aromatic N) is 1. The highest BCUT2D eigenvalue weighted by molar-refractivity contribution is 6.17. The lowest BCUT2D eigenvalue weighted by molar-refractivity contribution is -0.385. The number of hydrogen-bond acceptors (Lipinski definition) is 3. The molecule has 0 bridgehead atoms. The van der Waals surface area contributed by atoms with Crippen molar-refractivity contribution in [3.05, 3.63) is 64.0 Å². The number of benzene rings is 2. The summed E-state index contributed by atoms with van der Waals surface area (Å²) in [5.41, 5.74) is 0.405. The fourth-order valence-corrected chi connectivity index (χ4v) is 1.70. The lowest BCUT2D eigenvalue weighted by Gasteiger charge is -2.07. The summed E-state index contributed by atoms with van der Waals surface area (Å²) in [5, 5.41) is 11.0. The summed E-state index contributed by atoms with van der Waals surface area (Å²) < 4.78 is 18.3. The fourth-order valence-electron chi connectivity index (χ4n) is 1.53. The summed E-state index contributed by atoms with van der Waals surface area (Å²) in [6.45, 7) is 0. The second kappa shape index (κ2) is 5.67. The van der Waals surface area contributed by atoms with Crippen LogP contribution in [0.5, 0.6) is 11.5 Å². The Morgan fingerprint density at radius 3 is 2.68 bits per heavy atom. The summed E-state index contributed by atoms with van der Waals surface area (Å²) in [4.78, 5) is 10.4. The van der Waals surface area contributed by atoms with Crippen molar-refractivity contribution >= 4 is 17.3 Å². The lowest BCUT2D eigenvalue weighted by atomic mass is 10.2. The predicted octanol–water partition coefficient (Wildman–Crippen LogP) is 4.27. The molecule has 0 spiro atoms. The maximum atomic E-state index is 13.0. The largest absolute Gasteiger partial charge is 0.450 e. The van der Waals surface area contributed by atoms with Crippen LogP contribution in [0.25, 0.3) is 0 Å². The highest BCUT2D eigenvalue weighted by atomic mass is 35.5. The molecule has 4 nitrogen and oxygen atoms in total. The van der Waals surface area contributed by atoms with Crippen LogP contribution in [0.2, 0.25) is 0 Å². The molecule has 0 radical (unpaired) electrons. The molecule has 2 aromatic carbocycles. The first-order valence-corrected chi connectivity index (χ1v) is 5.90.